The summed E-state index contributed by atoms with van der Waals surface area (Å²) in [6, 6.07) is 7.09. The molecule has 2 amide bonds. The monoisotopic (exact) mass is 389 g/mol. The van der Waals surface area contributed by atoms with Gasteiger partial charge in [0.15, 0.2) is 5.96 Å². The molecule has 1 atom stereocenters. The molecular formula is C18H17ClFN5O2. The van der Waals surface area contributed by atoms with Gasteiger partial charge in [0.25, 0.3) is 5.91 Å². The average Bonchev–Trinajstić information content (AvgIpc) is 2.61. The molecule has 3 rings (SSSR count). The van der Waals surface area contributed by atoms with Crippen LogP contribution in [0.4, 0.5) is 10.1 Å². The smallest absolute Gasteiger partial charge is 0.274 e. The maximum Gasteiger partial charge on any atom is 0.274 e. The first-order chi connectivity index (χ1) is 12.7. The number of carbonyl (C=O) groups excluding carboxylic acids is 2. The summed E-state index contributed by atoms with van der Waals surface area (Å²) >= 11 is 5.76. The summed E-state index contributed by atoms with van der Waals surface area (Å²) in [6.07, 6.45) is 1.33. The van der Waals surface area contributed by atoms with Crippen LogP contribution < -0.4 is 10.6 Å². The maximum atomic E-state index is 14.5. The van der Waals surface area contributed by atoms with Gasteiger partial charge in [0.05, 0.1) is 17.0 Å². The van der Waals surface area contributed by atoms with Gasteiger partial charge in [-0.15, -0.1) is 0 Å². The molecule has 9 heteroatoms. The van der Waals surface area contributed by atoms with Crippen molar-refractivity contribution in [2.45, 2.75) is 18.9 Å². The fourth-order valence-corrected chi connectivity index (χ4v) is 2.94. The van der Waals surface area contributed by atoms with Crippen LogP contribution in [0.2, 0.25) is 5.02 Å². The lowest BCUT2D eigenvalue weighted by Gasteiger charge is -2.39. The number of pyridine rings is 1. The van der Waals surface area contributed by atoms with Crippen molar-refractivity contribution < 1.29 is 14.0 Å². The Bertz CT molecular complexity index is 914. The Morgan fingerprint density at radius 3 is 2.78 bits per heavy atom. The number of hydrogen-bond acceptors (Lipinski definition) is 4. The molecule has 0 radical (unpaired) electrons. The summed E-state index contributed by atoms with van der Waals surface area (Å²) in [5.41, 5.74) is -0.431. The first-order valence-electron chi connectivity index (χ1n) is 8.06. The van der Waals surface area contributed by atoms with Crippen molar-refractivity contribution in [1.82, 2.24) is 15.2 Å². The molecule has 7 nitrogen and oxygen atoms in total. The minimum Gasteiger partial charge on any atom is -0.346 e. The summed E-state index contributed by atoms with van der Waals surface area (Å²) in [4.78, 5) is 29.5. The number of anilines is 1. The molecule has 0 spiro atoms. The van der Waals surface area contributed by atoms with Crippen LogP contribution in [0.1, 0.15) is 29.4 Å². The van der Waals surface area contributed by atoms with Crippen LogP contribution in [0.3, 0.4) is 0 Å². The number of carbonyl (C=O) groups is 2. The number of nitrogens with one attached hydrogen (secondary N) is 3. The molecule has 1 fully saturated rings. The van der Waals surface area contributed by atoms with Crippen LogP contribution in [0.15, 0.2) is 36.5 Å². The summed E-state index contributed by atoms with van der Waals surface area (Å²) in [6.45, 7) is 1.64. The SMILES string of the molecule is CN1C(=N)N[C@](C)(c2cc(NC(=O)c3ccc(Cl)cn3)ccc2F)CC1=O. The van der Waals surface area contributed by atoms with Gasteiger partial charge < -0.3 is 10.6 Å². The van der Waals surface area contributed by atoms with Crippen molar-refractivity contribution in [3.63, 3.8) is 0 Å². The number of rotatable bonds is 3. The Morgan fingerprint density at radius 1 is 1.41 bits per heavy atom. The molecule has 2 aromatic rings. The van der Waals surface area contributed by atoms with Gasteiger partial charge in [0, 0.05) is 24.5 Å². The summed E-state index contributed by atoms with van der Waals surface area (Å²) in [5, 5.41) is 13.8. The van der Waals surface area contributed by atoms with E-state index in [9.17, 15) is 14.0 Å². The summed E-state index contributed by atoms with van der Waals surface area (Å²) in [5.74, 6) is -1.44. The van der Waals surface area contributed by atoms with E-state index in [1.807, 2.05) is 0 Å². The molecular weight excluding hydrogens is 373 g/mol. The van der Waals surface area contributed by atoms with Gasteiger partial charge in [-0.2, -0.15) is 0 Å². The Kier molecular flexibility index (Phi) is 4.84. The van der Waals surface area contributed by atoms with Gasteiger partial charge in [-0.3, -0.25) is 19.9 Å². The van der Waals surface area contributed by atoms with Crippen LogP contribution in [0.5, 0.6) is 0 Å². The Labute approximate surface area is 160 Å². The van der Waals surface area contributed by atoms with Gasteiger partial charge in [0.2, 0.25) is 5.91 Å². The predicted molar refractivity (Wildman–Crippen MR) is 99.2 cm³/mol. The van der Waals surface area contributed by atoms with Gasteiger partial charge >= 0.3 is 0 Å². The van der Waals surface area contributed by atoms with E-state index in [0.29, 0.717) is 10.7 Å². The zero-order valence-corrected chi connectivity index (χ0v) is 15.4. The van der Waals surface area contributed by atoms with E-state index in [1.165, 1.54) is 37.5 Å². The first kappa shape index (κ1) is 18.8. The molecule has 2 heterocycles. The minimum absolute atomic E-state index is 0.0288. The molecule has 1 saturated heterocycles. The number of hydrogen-bond donors (Lipinski definition) is 3. The number of nitrogens with zero attached hydrogens (tertiary/aromatic N) is 2. The van der Waals surface area contributed by atoms with Crippen molar-refractivity contribution >= 4 is 35.1 Å². The number of benzene rings is 1. The van der Waals surface area contributed by atoms with Crippen LogP contribution in [0.25, 0.3) is 0 Å². The molecule has 0 saturated carbocycles. The molecule has 27 heavy (non-hydrogen) atoms. The van der Waals surface area contributed by atoms with Gasteiger partial charge in [0.1, 0.15) is 11.5 Å². The first-order valence-corrected chi connectivity index (χ1v) is 8.43. The molecule has 1 aromatic carbocycles. The lowest BCUT2D eigenvalue weighted by Crippen LogP contribution is -2.58. The minimum atomic E-state index is -1.11. The average molecular weight is 390 g/mol. The molecule has 1 aliphatic heterocycles. The van der Waals surface area contributed by atoms with E-state index in [4.69, 9.17) is 17.0 Å². The highest BCUT2D eigenvalue weighted by Crippen LogP contribution is 2.32. The maximum absolute atomic E-state index is 14.5. The second-order valence-corrected chi connectivity index (χ2v) is 6.88. The van der Waals surface area contributed by atoms with E-state index in [1.54, 1.807) is 13.0 Å². The Morgan fingerprint density at radius 2 is 2.15 bits per heavy atom. The van der Waals surface area contributed by atoms with Crippen LogP contribution in [-0.4, -0.2) is 34.7 Å². The number of aromatic nitrogens is 1. The largest absolute Gasteiger partial charge is 0.346 e. The third kappa shape index (κ3) is 3.75. The summed E-state index contributed by atoms with van der Waals surface area (Å²) < 4.78 is 14.5. The second-order valence-electron chi connectivity index (χ2n) is 6.45. The fourth-order valence-electron chi connectivity index (χ4n) is 2.83. The summed E-state index contributed by atoms with van der Waals surface area (Å²) in [7, 11) is 1.48. The normalized spacial score (nSPS) is 19.6. The van der Waals surface area contributed by atoms with Crippen LogP contribution in [0, 0.1) is 11.2 Å². The molecule has 0 bridgehead atoms. The topological polar surface area (TPSA) is 98.2 Å². The van der Waals surface area contributed by atoms with Crippen LogP contribution >= 0.6 is 11.6 Å². The zero-order valence-electron chi connectivity index (χ0n) is 14.6. The van der Waals surface area contributed by atoms with Crippen molar-refractivity contribution in [1.29, 1.82) is 5.41 Å². The van der Waals surface area contributed by atoms with Gasteiger partial charge in [-0.05, 0) is 37.3 Å². The van der Waals surface area contributed by atoms with Crippen molar-refractivity contribution in [3.05, 3.63) is 58.6 Å². The lowest BCUT2D eigenvalue weighted by atomic mass is 9.86. The van der Waals surface area contributed by atoms with Crippen molar-refractivity contribution in [2.75, 3.05) is 12.4 Å². The van der Waals surface area contributed by atoms with E-state index in [0.717, 1.165) is 4.90 Å². The third-order valence-electron chi connectivity index (χ3n) is 4.39. The molecule has 0 unspecified atom stereocenters. The van der Waals surface area contributed by atoms with E-state index < -0.39 is 17.3 Å². The quantitative estimate of drug-likeness (QED) is 0.751. The highest BCUT2D eigenvalue weighted by Gasteiger charge is 2.39. The lowest BCUT2D eigenvalue weighted by molar-refractivity contribution is -0.129. The van der Waals surface area contributed by atoms with E-state index in [-0.39, 0.29) is 29.5 Å². The number of halogens is 2. The van der Waals surface area contributed by atoms with Crippen LogP contribution in [-0.2, 0) is 10.3 Å². The number of guanidine groups is 1. The highest BCUT2D eigenvalue weighted by molar-refractivity contribution is 6.30. The van der Waals surface area contributed by atoms with E-state index in [2.05, 4.69) is 15.6 Å². The highest BCUT2D eigenvalue weighted by atomic mass is 35.5. The third-order valence-corrected chi connectivity index (χ3v) is 4.61. The zero-order chi connectivity index (χ0) is 19.8. The van der Waals surface area contributed by atoms with Gasteiger partial charge in [-0.1, -0.05) is 11.6 Å². The van der Waals surface area contributed by atoms with E-state index >= 15 is 0 Å². The fraction of sp³-hybridized carbons (Fsp3) is 0.222. The van der Waals surface area contributed by atoms with Gasteiger partial charge in [-0.25, -0.2) is 9.37 Å². The van der Waals surface area contributed by atoms with Crippen molar-refractivity contribution in [2.24, 2.45) is 0 Å². The molecule has 3 N–H and O–H groups in total. The molecule has 1 aliphatic rings. The predicted octanol–water partition coefficient (Wildman–Crippen LogP) is 2.73. The second kappa shape index (κ2) is 6.96. The molecule has 0 aliphatic carbocycles. The molecule has 1 aromatic heterocycles. The Balaban J connectivity index is 1.88. The molecule has 140 valence electrons. The number of amides is 2. The van der Waals surface area contributed by atoms with Crippen molar-refractivity contribution in [3.8, 4) is 0 Å². The standard InChI is InChI=1S/C18H17ClFN5O2/c1-18(8-15(26)25(2)17(21)24-18)12-7-11(4-5-13(12)20)23-16(27)14-6-3-10(19)9-22-14/h3-7,9H,8H2,1-2H3,(H2,21,24)(H,23,27)/t18-/m0/s1. The Hall–Kier alpha value is -3.00.